The zero-order valence-corrected chi connectivity index (χ0v) is 13.7. The molecule has 0 saturated heterocycles. The highest BCUT2D eigenvalue weighted by Crippen LogP contribution is 2.36. The number of nitrogens with zero attached hydrogens (tertiary/aromatic N) is 2. The van der Waals surface area contributed by atoms with Crippen LogP contribution in [0.1, 0.15) is 19.4 Å². The van der Waals surface area contributed by atoms with Crippen LogP contribution >= 0.6 is 11.3 Å². The van der Waals surface area contributed by atoms with Gasteiger partial charge in [0.1, 0.15) is 17.0 Å². The lowest BCUT2D eigenvalue weighted by Crippen LogP contribution is -2.29. The van der Waals surface area contributed by atoms with Crippen LogP contribution in [0.4, 0.5) is 5.82 Å². The number of nitrogens with one attached hydrogen (secondary N) is 1. The van der Waals surface area contributed by atoms with Crippen LogP contribution in [0.25, 0.3) is 21.3 Å². The Balaban J connectivity index is 2.06. The number of hydrogen-bond donors (Lipinski definition) is 2. The van der Waals surface area contributed by atoms with E-state index in [1.165, 1.54) is 5.56 Å². The van der Waals surface area contributed by atoms with Crippen molar-refractivity contribution in [3.63, 3.8) is 0 Å². The molecule has 0 amide bonds. The summed E-state index contributed by atoms with van der Waals surface area (Å²) in [6.07, 6.45) is 1.56. The Morgan fingerprint density at radius 1 is 1.18 bits per heavy atom. The maximum Gasteiger partial charge on any atom is 0.138 e. The van der Waals surface area contributed by atoms with Gasteiger partial charge < -0.3 is 10.4 Å². The van der Waals surface area contributed by atoms with E-state index in [0.717, 1.165) is 27.2 Å². The third kappa shape index (κ3) is 3.10. The van der Waals surface area contributed by atoms with Crippen LogP contribution in [0.3, 0.4) is 0 Å². The number of benzene rings is 1. The van der Waals surface area contributed by atoms with Crippen molar-refractivity contribution >= 4 is 27.4 Å². The first-order chi connectivity index (χ1) is 10.4. The van der Waals surface area contributed by atoms with Gasteiger partial charge in [-0.2, -0.15) is 0 Å². The van der Waals surface area contributed by atoms with Crippen LogP contribution < -0.4 is 5.32 Å². The van der Waals surface area contributed by atoms with Crippen LogP contribution in [-0.2, 0) is 0 Å². The number of aromatic nitrogens is 2. The average Bonchev–Trinajstić information content (AvgIpc) is 2.90. The molecule has 0 unspecified atom stereocenters. The number of rotatable bonds is 4. The number of anilines is 1. The van der Waals surface area contributed by atoms with Crippen molar-refractivity contribution in [3.05, 3.63) is 41.5 Å². The molecule has 3 rings (SSSR count). The Kier molecular flexibility index (Phi) is 3.85. The van der Waals surface area contributed by atoms with Gasteiger partial charge in [0.05, 0.1) is 11.0 Å². The van der Waals surface area contributed by atoms with E-state index in [0.29, 0.717) is 6.54 Å². The van der Waals surface area contributed by atoms with Crippen molar-refractivity contribution in [2.45, 2.75) is 26.4 Å². The number of fused-ring (bicyclic) bond motifs is 1. The van der Waals surface area contributed by atoms with Crippen LogP contribution in [0, 0.1) is 6.92 Å². The molecule has 0 aliphatic rings. The van der Waals surface area contributed by atoms with Crippen molar-refractivity contribution in [2.75, 3.05) is 11.9 Å². The summed E-state index contributed by atoms with van der Waals surface area (Å²) >= 11 is 1.61. The van der Waals surface area contributed by atoms with Gasteiger partial charge in [0, 0.05) is 17.5 Å². The quantitative estimate of drug-likeness (QED) is 0.768. The molecule has 2 aromatic heterocycles. The van der Waals surface area contributed by atoms with E-state index in [9.17, 15) is 5.11 Å². The SMILES string of the molecule is Cc1ccc(-c2csc3ncnc(NCC(C)(C)O)c23)cc1. The molecule has 3 aromatic rings. The summed E-state index contributed by atoms with van der Waals surface area (Å²) < 4.78 is 0. The van der Waals surface area contributed by atoms with Crippen molar-refractivity contribution in [2.24, 2.45) is 0 Å². The van der Waals surface area contributed by atoms with Gasteiger partial charge in [0.15, 0.2) is 0 Å². The molecule has 0 bridgehead atoms. The van der Waals surface area contributed by atoms with Gasteiger partial charge in [0.25, 0.3) is 0 Å². The molecule has 0 fully saturated rings. The lowest BCUT2D eigenvalue weighted by Gasteiger charge is -2.18. The van der Waals surface area contributed by atoms with Gasteiger partial charge in [0.2, 0.25) is 0 Å². The molecular weight excluding hydrogens is 294 g/mol. The van der Waals surface area contributed by atoms with Crippen molar-refractivity contribution in [1.29, 1.82) is 0 Å². The van der Waals surface area contributed by atoms with Crippen LogP contribution in [0.5, 0.6) is 0 Å². The Labute approximate surface area is 133 Å². The van der Waals surface area contributed by atoms with Gasteiger partial charge >= 0.3 is 0 Å². The average molecular weight is 313 g/mol. The molecule has 2 heterocycles. The fourth-order valence-corrected chi connectivity index (χ4v) is 3.17. The first-order valence-electron chi connectivity index (χ1n) is 7.19. The highest BCUT2D eigenvalue weighted by atomic mass is 32.1. The second-order valence-corrected chi connectivity index (χ2v) is 6.94. The number of aliphatic hydroxyl groups is 1. The fourth-order valence-electron chi connectivity index (χ4n) is 2.25. The highest BCUT2D eigenvalue weighted by molar-refractivity contribution is 7.17. The van der Waals surface area contributed by atoms with Crippen LogP contribution in [0.2, 0.25) is 0 Å². The molecule has 0 aliphatic carbocycles. The molecule has 0 radical (unpaired) electrons. The Bertz CT molecular complexity index is 788. The van der Waals surface area contributed by atoms with E-state index in [1.54, 1.807) is 31.5 Å². The molecule has 22 heavy (non-hydrogen) atoms. The Hall–Kier alpha value is -1.98. The molecule has 0 spiro atoms. The number of hydrogen-bond acceptors (Lipinski definition) is 5. The van der Waals surface area contributed by atoms with E-state index in [-0.39, 0.29) is 0 Å². The minimum absolute atomic E-state index is 0.433. The summed E-state index contributed by atoms with van der Waals surface area (Å²) in [6.45, 7) is 6.05. The minimum Gasteiger partial charge on any atom is -0.389 e. The summed E-state index contributed by atoms with van der Waals surface area (Å²) in [5.74, 6) is 0.768. The van der Waals surface area contributed by atoms with E-state index >= 15 is 0 Å². The minimum atomic E-state index is -0.794. The lowest BCUT2D eigenvalue weighted by atomic mass is 10.0. The fraction of sp³-hybridized carbons (Fsp3) is 0.294. The zero-order valence-electron chi connectivity index (χ0n) is 12.9. The second-order valence-electron chi connectivity index (χ2n) is 6.08. The maximum atomic E-state index is 9.92. The van der Waals surface area contributed by atoms with Crippen LogP contribution in [0.15, 0.2) is 36.0 Å². The predicted molar refractivity (Wildman–Crippen MR) is 92.4 cm³/mol. The lowest BCUT2D eigenvalue weighted by molar-refractivity contribution is 0.0944. The van der Waals surface area contributed by atoms with E-state index in [1.807, 2.05) is 0 Å². The van der Waals surface area contributed by atoms with Crippen molar-refractivity contribution in [3.8, 4) is 11.1 Å². The molecule has 114 valence electrons. The molecule has 0 aliphatic heterocycles. The normalized spacial score (nSPS) is 11.8. The van der Waals surface area contributed by atoms with Gasteiger partial charge in [-0.3, -0.25) is 0 Å². The predicted octanol–water partition coefficient (Wildman–Crippen LogP) is 3.85. The monoisotopic (exact) mass is 313 g/mol. The first-order valence-corrected chi connectivity index (χ1v) is 8.07. The van der Waals surface area contributed by atoms with Crippen molar-refractivity contribution in [1.82, 2.24) is 9.97 Å². The summed E-state index contributed by atoms with van der Waals surface area (Å²) in [5.41, 5.74) is 2.72. The topological polar surface area (TPSA) is 58.0 Å². The zero-order chi connectivity index (χ0) is 15.7. The molecule has 5 heteroatoms. The number of thiophene rings is 1. The third-order valence-corrected chi connectivity index (χ3v) is 4.31. The van der Waals surface area contributed by atoms with Gasteiger partial charge in [-0.25, -0.2) is 9.97 Å². The van der Waals surface area contributed by atoms with E-state index in [2.05, 4.69) is 51.9 Å². The molecule has 1 aromatic carbocycles. The molecule has 4 nitrogen and oxygen atoms in total. The summed E-state index contributed by atoms with van der Waals surface area (Å²) in [6, 6.07) is 8.44. The van der Waals surface area contributed by atoms with Crippen LogP contribution in [-0.4, -0.2) is 27.2 Å². The van der Waals surface area contributed by atoms with Crippen molar-refractivity contribution < 1.29 is 5.11 Å². The summed E-state index contributed by atoms with van der Waals surface area (Å²) in [7, 11) is 0. The molecule has 0 saturated carbocycles. The third-order valence-electron chi connectivity index (χ3n) is 3.42. The number of aryl methyl sites for hydroxylation is 1. The van der Waals surface area contributed by atoms with Gasteiger partial charge in [-0.1, -0.05) is 29.8 Å². The Morgan fingerprint density at radius 2 is 1.91 bits per heavy atom. The summed E-state index contributed by atoms with van der Waals surface area (Å²) in [4.78, 5) is 9.66. The second kappa shape index (κ2) is 5.66. The van der Waals surface area contributed by atoms with Gasteiger partial charge in [-0.05, 0) is 26.3 Å². The Morgan fingerprint density at radius 3 is 2.59 bits per heavy atom. The molecule has 0 atom stereocenters. The standard InChI is InChI=1S/C17H19N3OS/c1-11-4-6-12(7-5-11)13-8-22-16-14(13)15(19-10-20-16)18-9-17(2,3)21/h4-8,10,21H,9H2,1-3H3,(H,18,19,20). The smallest absolute Gasteiger partial charge is 0.138 e. The maximum absolute atomic E-state index is 9.92. The molecule has 2 N–H and O–H groups in total. The molecular formula is C17H19N3OS. The van der Waals surface area contributed by atoms with E-state index < -0.39 is 5.60 Å². The first kappa shape index (κ1) is 14.9. The highest BCUT2D eigenvalue weighted by Gasteiger charge is 2.16. The van der Waals surface area contributed by atoms with E-state index in [4.69, 9.17) is 0 Å². The largest absolute Gasteiger partial charge is 0.389 e. The van der Waals surface area contributed by atoms with Gasteiger partial charge in [-0.15, -0.1) is 11.3 Å². The summed E-state index contributed by atoms with van der Waals surface area (Å²) in [5, 5.41) is 16.3.